The van der Waals surface area contributed by atoms with Crippen molar-refractivity contribution in [2.24, 2.45) is 0 Å². The molecule has 1 amide bonds. The van der Waals surface area contributed by atoms with Crippen molar-refractivity contribution in [3.05, 3.63) is 88.3 Å². The van der Waals surface area contributed by atoms with Gasteiger partial charge >= 0.3 is 0 Å². The van der Waals surface area contributed by atoms with Gasteiger partial charge in [0.2, 0.25) is 0 Å². The maximum absolute atomic E-state index is 13.4. The normalized spacial score (nSPS) is 11.5. The van der Waals surface area contributed by atoms with Gasteiger partial charge in [0, 0.05) is 16.9 Å². The molecule has 0 saturated carbocycles. The number of amides is 1. The van der Waals surface area contributed by atoms with Gasteiger partial charge in [0.15, 0.2) is 0 Å². The molecule has 0 bridgehead atoms. The number of thiophene rings is 1. The Morgan fingerprint density at radius 1 is 0.882 bits per heavy atom. The maximum Gasteiger partial charge on any atom is 0.265 e. The van der Waals surface area contributed by atoms with Crippen LogP contribution in [-0.4, -0.2) is 20.9 Å². The number of nitrogens with zero attached hydrogens (tertiary/aromatic N) is 1. The smallest absolute Gasteiger partial charge is 0.265 e. The summed E-state index contributed by atoms with van der Waals surface area (Å²) in [7, 11) is -3.70. The number of carbonyl (C=O) groups excluding carboxylic acids is 1. The second-order valence-electron chi connectivity index (χ2n) is 8.55. The number of sulfonamides is 1. The first-order chi connectivity index (χ1) is 16.2. The third kappa shape index (κ3) is 5.00. The van der Waals surface area contributed by atoms with Crippen LogP contribution in [0.5, 0.6) is 0 Å². The fourth-order valence-corrected chi connectivity index (χ4v) is 6.45. The Labute approximate surface area is 205 Å². The van der Waals surface area contributed by atoms with Crippen LogP contribution in [0.25, 0.3) is 10.1 Å². The van der Waals surface area contributed by atoms with Gasteiger partial charge in [0.25, 0.3) is 15.9 Å². The predicted octanol–water partition coefficient (Wildman–Crippen LogP) is 6.68. The monoisotopic (exact) mass is 492 g/mol. The zero-order valence-corrected chi connectivity index (χ0v) is 21.4. The van der Waals surface area contributed by atoms with E-state index in [1.807, 2.05) is 64.1 Å². The molecular formula is C27H28N2O3S2. The number of fused-ring (bicyclic) bond motifs is 1. The molecular weight excluding hydrogens is 464 g/mol. The van der Waals surface area contributed by atoms with Crippen LogP contribution in [-0.2, 0) is 10.0 Å². The van der Waals surface area contributed by atoms with Gasteiger partial charge in [-0.15, -0.1) is 11.3 Å². The molecule has 0 aliphatic carbocycles. The molecule has 4 rings (SSSR count). The van der Waals surface area contributed by atoms with Gasteiger partial charge in [-0.05, 0) is 92.2 Å². The van der Waals surface area contributed by atoms with Crippen LogP contribution in [0.1, 0.15) is 39.7 Å². The molecule has 1 heterocycles. The molecule has 0 saturated heterocycles. The first-order valence-electron chi connectivity index (χ1n) is 11.2. The molecule has 34 heavy (non-hydrogen) atoms. The van der Waals surface area contributed by atoms with Crippen molar-refractivity contribution in [3.63, 3.8) is 0 Å². The van der Waals surface area contributed by atoms with E-state index in [0.29, 0.717) is 23.5 Å². The van der Waals surface area contributed by atoms with Crippen molar-refractivity contribution in [2.75, 3.05) is 16.2 Å². The number of hydrogen-bond acceptors (Lipinski definition) is 4. The van der Waals surface area contributed by atoms with E-state index < -0.39 is 10.0 Å². The molecule has 0 atom stereocenters. The van der Waals surface area contributed by atoms with Crippen LogP contribution >= 0.6 is 11.3 Å². The number of nitrogens with one attached hydrogen (secondary N) is 1. The summed E-state index contributed by atoms with van der Waals surface area (Å²) in [5.74, 6) is -0.176. The lowest BCUT2D eigenvalue weighted by atomic mass is 10.1. The highest BCUT2D eigenvalue weighted by molar-refractivity contribution is 7.92. The Morgan fingerprint density at radius 2 is 1.56 bits per heavy atom. The molecule has 0 aliphatic heterocycles. The van der Waals surface area contributed by atoms with Gasteiger partial charge in [-0.2, -0.15) is 0 Å². The van der Waals surface area contributed by atoms with Crippen LogP contribution in [0.2, 0.25) is 0 Å². The molecule has 0 aliphatic rings. The lowest BCUT2D eigenvalue weighted by Crippen LogP contribution is -2.31. The Balaban J connectivity index is 1.65. The van der Waals surface area contributed by atoms with Crippen molar-refractivity contribution >= 4 is 48.7 Å². The molecule has 3 aromatic carbocycles. The number of rotatable bonds is 7. The fraction of sp³-hybridized carbons (Fsp3) is 0.222. The second kappa shape index (κ2) is 9.60. The van der Waals surface area contributed by atoms with E-state index in [9.17, 15) is 13.2 Å². The fourth-order valence-electron chi connectivity index (χ4n) is 3.97. The van der Waals surface area contributed by atoms with E-state index in [4.69, 9.17) is 0 Å². The van der Waals surface area contributed by atoms with Crippen LogP contribution in [0.15, 0.2) is 71.6 Å². The Hall–Kier alpha value is -3.16. The topological polar surface area (TPSA) is 66.5 Å². The summed E-state index contributed by atoms with van der Waals surface area (Å²) in [6, 6.07) is 20.2. The lowest BCUT2D eigenvalue weighted by Gasteiger charge is -2.24. The molecule has 1 aromatic heterocycles. The molecule has 176 valence electrons. The van der Waals surface area contributed by atoms with Crippen LogP contribution < -0.4 is 9.62 Å². The van der Waals surface area contributed by atoms with Crippen LogP contribution in [0.3, 0.4) is 0 Å². The summed E-state index contributed by atoms with van der Waals surface area (Å²) in [6.07, 6.45) is 0.677. The number of aryl methyl sites for hydroxylation is 3. The standard InChI is InChI=1S/C27H28N2O3S2/c1-5-12-29(34(31,32)24-9-6-18(2)7-10-24)23-8-11-25-21(16-23)17-26(33-25)27(30)28-22-14-19(3)13-20(4)15-22/h6-11,13-17H,5,12H2,1-4H3,(H,28,30). The maximum atomic E-state index is 13.4. The minimum atomic E-state index is -3.70. The van der Waals surface area contributed by atoms with Crippen molar-refractivity contribution in [1.29, 1.82) is 0 Å². The zero-order chi connectivity index (χ0) is 24.5. The summed E-state index contributed by atoms with van der Waals surface area (Å²) >= 11 is 1.39. The Kier molecular flexibility index (Phi) is 6.77. The largest absolute Gasteiger partial charge is 0.321 e. The minimum absolute atomic E-state index is 0.176. The van der Waals surface area contributed by atoms with Gasteiger partial charge < -0.3 is 5.32 Å². The third-order valence-corrected chi connectivity index (χ3v) is 8.48. The number of hydrogen-bond donors (Lipinski definition) is 1. The lowest BCUT2D eigenvalue weighted by molar-refractivity contribution is 0.103. The highest BCUT2D eigenvalue weighted by atomic mass is 32.2. The molecule has 0 spiro atoms. The molecule has 4 aromatic rings. The van der Waals surface area contributed by atoms with E-state index >= 15 is 0 Å². The van der Waals surface area contributed by atoms with Crippen molar-refractivity contribution < 1.29 is 13.2 Å². The number of anilines is 2. The van der Waals surface area contributed by atoms with Crippen LogP contribution in [0.4, 0.5) is 11.4 Å². The molecule has 5 nitrogen and oxygen atoms in total. The average molecular weight is 493 g/mol. The average Bonchev–Trinajstić information content (AvgIpc) is 3.20. The number of benzene rings is 3. The highest BCUT2D eigenvalue weighted by Crippen LogP contribution is 2.32. The second-order valence-corrected chi connectivity index (χ2v) is 11.5. The van der Waals surface area contributed by atoms with Gasteiger partial charge in [-0.1, -0.05) is 30.7 Å². The zero-order valence-electron chi connectivity index (χ0n) is 19.8. The first-order valence-corrected chi connectivity index (χ1v) is 13.5. The van der Waals surface area contributed by atoms with E-state index in [1.54, 1.807) is 24.3 Å². The quantitative estimate of drug-likeness (QED) is 0.313. The summed E-state index contributed by atoms with van der Waals surface area (Å²) < 4.78 is 29.2. The van der Waals surface area contributed by atoms with Gasteiger partial charge in [0.1, 0.15) is 0 Å². The van der Waals surface area contributed by atoms with Crippen molar-refractivity contribution in [3.8, 4) is 0 Å². The molecule has 0 radical (unpaired) electrons. The van der Waals surface area contributed by atoms with E-state index in [0.717, 1.165) is 32.5 Å². The van der Waals surface area contributed by atoms with Crippen molar-refractivity contribution in [2.45, 2.75) is 39.0 Å². The minimum Gasteiger partial charge on any atom is -0.321 e. The number of carbonyl (C=O) groups is 1. The Bertz CT molecular complexity index is 1440. The van der Waals surface area contributed by atoms with Gasteiger partial charge in [0.05, 0.1) is 15.5 Å². The highest BCUT2D eigenvalue weighted by Gasteiger charge is 2.25. The molecule has 0 unspecified atom stereocenters. The van der Waals surface area contributed by atoms with Gasteiger partial charge in [-0.25, -0.2) is 8.42 Å². The third-order valence-electron chi connectivity index (χ3n) is 5.53. The summed E-state index contributed by atoms with van der Waals surface area (Å²) in [5, 5.41) is 3.81. The molecule has 1 N–H and O–H groups in total. The van der Waals surface area contributed by atoms with Crippen LogP contribution in [0, 0.1) is 20.8 Å². The predicted molar refractivity (Wildman–Crippen MR) is 142 cm³/mol. The van der Waals surface area contributed by atoms with Crippen molar-refractivity contribution in [1.82, 2.24) is 0 Å². The summed E-state index contributed by atoms with van der Waals surface area (Å²) in [5.41, 5.74) is 4.53. The molecule has 7 heteroatoms. The van der Waals surface area contributed by atoms with Gasteiger partial charge in [-0.3, -0.25) is 9.10 Å². The van der Waals surface area contributed by atoms with E-state index in [2.05, 4.69) is 11.4 Å². The Morgan fingerprint density at radius 3 is 2.21 bits per heavy atom. The summed E-state index contributed by atoms with van der Waals surface area (Å²) in [6.45, 7) is 8.24. The summed E-state index contributed by atoms with van der Waals surface area (Å²) in [4.78, 5) is 13.7. The molecule has 0 fully saturated rings. The van der Waals surface area contributed by atoms with E-state index in [-0.39, 0.29) is 10.8 Å². The van der Waals surface area contributed by atoms with E-state index in [1.165, 1.54) is 15.6 Å². The first kappa shape index (κ1) is 24.0. The SMILES string of the molecule is CCCN(c1ccc2sc(C(=O)Nc3cc(C)cc(C)c3)cc2c1)S(=O)(=O)c1ccc(C)cc1.